The zero-order chi connectivity index (χ0) is 13.8. The highest BCUT2D eigenvalue weighted by Crippen LogP contribution is 2.53. The third-order valence-corrected chi connectivity index (χ3v) is 4.94. The number of carbonyl (C=O) groups is 3. The third kappa shape index (κ3) is 1.59. The van der Waals surface area contributed by atoms with Crippen molar-refractivity contribution < 1.29 is 24.6 Å². The summed E-state index contributed by atoms with van der Waals surface area (Å²) < 4.78 is -0.668. The number of aliphatic hydroxyl groups excluding tert-OH is 1. The maximum absolute atomic E-state index is 11.9. The molecule has 2 aliphatic heterocycles. The Balaban J connectivity index is 2.27. The van der Waals surface area contributed by atoms with Gasteiger partial charge in [0.15, 0.2) is 0 Å². The summed E-state index contributed by atoms with van der Waals surface area (Å²) >= 11 is 1.27. The largest absolute Gasteiger partial charge is 0.480 e. The van der Waals surface area contributed by atoms with E-state index in [0.29, 0.717) is 0 Å². The molecule has 4 N–H and O–H groups in total. The van der Waals surface area contributed by atoms with E-state index in [1.54, 1.807) is 13.8 Å². The van der Waals surface area contributed by atoms with Gasteiger partial charge in [-0.3, -0.25) is 9.59 Å². The number of rotatable bonds is 3. The number of fused-ring (bicyclic) bond motifs is 1. The molecule has 2 amide bonds. The quantitative estimate of drug-likeness (QED) is 0.544. The second kappa shape index (κ2) is 3.86. The maximum Gasteiger partial charge on any atom is 0.327 e. The number of aliphatic hydroxyl groups is 1. The highest BCUT2D eigenvalue weighted by molar-refractivity contribution is 8.01. The van der Waals surface area contributed by atoms with Gasteiger partial charge in [-0.05, 0) is 13.8 Å². The fourth-order valence-corrected chi connectivity index (χ4v) is 4.23. The molecule has 0 aliphatic carbocycles. The zero-order valence-electron chi connectivity index (χ0n) is 9.86. The highest BCUT2D eigenvalue weighted by Gasteiger charge is 2.65. The number of carbonyl (C=O) groups excluding carboxylic acids is 2. The zero-order valence-corrected chi connectivity index (χ0v) is 10.7. The van der Waals surface area contributed by atoms with E-state index in [-0.39, 0.29) is 0 Å². The number of nitrogens with two attached hydrogens (primary N) is 1. The van der Waals surface area contributed by atoms with Crippen LogP contribution in [0.5, 0.6) is 0 Å². The Morgan fingerprint density at radius 1 is 1.50 bits per heavy atom. The summed E-state index contributed by atoms with van der Waals surface area (Å²) in [6.07, 6.45) is -1.56. The minimum Gasteiger partial charge on any atom is -0.480 e. The van der Waals surface area contributed by atoms with Crippen molar-refractivity contribution in [1.29, 1.82) is 0 Å². The van der Waals surface area contributed by atoms with E-state index in [0.717, 1.165) is 0 Å². The molecule has 2 aliphatic rings. The smallest absolute Gasteiger partial charge is 0.327 e. The van der Waals surface area contributed by atoms with E-state index < -0.39 is 46.0 Å². The lowest BCUT2D eigenvalue weighted by atomic mass is 9.87. The number of aliphatic carboxylic acids is 1. The van der Waals surface area contributed by atoms with Crippen molar-refractivity contribution in [3.05, 3.63) is 0 Å². The van der Waals surface area contributed by atoms with Crippen LogP contribution in [0.4, 0.5) is 0 Å². The van der Waals surface area contributed by atoms with Crippen LogP contribution >= 0.6 is 11.8 Å². The average molecular weight is 274 g/mol. The Morgan fingerprint density at radius 2 is 2.06 bits per heavy atom. The normalized spacial score (nSPS) is 34.7. The summed E-state index contributed by atoms with van der Waals surface area (Å²) in [7, 11) is 0. The molecule has 4 atom stereocenters. The summed E-state index contributed by atoms with van der Waals surface area (Å²) in [6, 6.07) is -0.948. The maximum atomic E-state index is 11.9. The number of amides is 2. The number of nitrogens with zero attached hydrogens (tertiary/aromatic N) is 1. The van der Waals surface area contributed by atoms with Crippen molar-refractivity contribution >= 4 is 29.5 Å². The molecule has 18 heavy (non-hydrogen) atoms. The summed E-state index contributed by atoms with van der Waals surface area (Å²) in [5, 5.41) is 18.2. The van der Waals surface area contributed by atoms with Crippen LogP contribution in [0, 0.1) is 5.92 Å². The van der Waals surface area contributed by atoms with Crippen LogP contribution in [-0.2, 0) is 14.4 Å². The SMILES string of the molecule is CC1(C)S[C@@H]2C(C(O)C(N)=O)C(=O)N2[C@H]1C(=O)O. The predicted octanol–water partition coefficient (Wildman–Crippen LogP) is -1.40. The Labute approximate surface area is 107 Å². The van der Waals surface area contributed by atoms with Gasteiger partial charge in [0.1, 0.15) is 18.1 Å². The Hall–Kier alpha value is -1.28. The van der Waals surface area contributed by atoms with Crippen molar-refractivity contribution in [2.75, 3.05) is 0 Å². The molecule has 0 aromatic heterocycles. The third-order valence-electron chi connectivity index (χ3n) is 3.35. The lowest BCUT2D eigenvalue weighted by Crippen LogP contribution is -2.66. The molecule has 0 spiro atoms. The van der Waals surface area contributed by atoms with Crippen LogP contribution in [0.1, 0.15) is 13.8 Å². The standard InChI is InChI=1S/C10H14N2O5S/c1-10(2)5(9(16)17)12-7(15)3(8(12)18-10)4(13)6(11)14/h3-5,8,13H,1-2H3,(H2,11,14)(H,16,17)/t3?,4?,5-,8+/m0/s1. The second-order valence-electron chi connectivity index (χ2n) is 4.97. The van der Waals surface area contributed by atoms with Gasteiger partial charge in [-0.1, -0.05) is 0 Å². The summed E-state index contributed by atoms with van der Waals surface area (Å²) in [5.74, 6) is -3.52. The molecule has 7 nitrogen and oxygen atoms in total. The number of carboxylic acid groups (broad SMARTS) is 1. The van der Waals surface area contributed by atoms with Crippen LogP contribution in [0.25, 0.3) is 0 Å². The Kier molecular flexibility index (Phi) is 2.82. The van der Waals surface area contributed by atoms with Crippen molar-refractivity contribution in [1.82, 2.24) is 4.90 Å². The highest BCUT2D eigenvalue weighted by atomic mass is 32.2. The molecule has 8 heteroatoms. The molecule has 2 fully saturated rings. The Bertz CT molecular complexity index is 438. The first-order valence-corrected chi connectivity index (χ1v) is 6.26. The summed E-state index contributed by atoms with van der Waals surface area (Å²) in [6.45, 7) is 3.44. The van der Waals surface area contributed by atoms with Crippen molar-refractivity contribution in [3.8, 4) is 0 Å². The number of carboxylic acids is 1. The minimum absolute atomic E-state index is 0.504. The van der Waals surface area contributed by atoms with Gasteiger partial charge in [-0.2, -0.15) is 0 Å². The lowest BCUT2D eigenvalue weighted by molar-refractivity contribution is -0.170. The molecule has 0 aromatic carbocycles. The molecule has 0 saturated carbocycles. The van der Waals surface area contributed by atoms with Gasteiger partial charge in [0.25, 0.3) is 0 Å². The molecule has 0 aromatic rings. The first-order chi connectivity index (χ1) is 8.18. The van der Waals surface area contributed by atoms with E-state index in [1.165, 1.54) is 16.7 Å². The number of β-lactam (4-membered cyclic amide) rings is 1. The van der Waals surface area contributed by atoms with Crippen LogP contribution in [-0.4, -0.2) is 55.2 Å². The van der Waals surface area contributed by atoms with Crippen LogP contribution in [0.3, 0.4) is 0 Å². The fourth-order valence-electron chi connectivity index (χ4n) is 2.51. The first-order valence-electron chi connectivity index (χ1n) is 5.38. The predicted molar refractivity (Wildman–Crippen MR) is 62.4 cm³/mol. The molecule has 0 radical (unpaired) electrons. The number of hydrogen-bond donors (Lipinski definition) is 3. The van der Waals surface area contributed by atoms with Gasteiger partial charge >= 0.3 is 5.97 Å². The molecule has 0 bridgehead atoms. The van der Waals surface area contributed by atoms with Crippen LogP contribution in [0.15, 0.2) is 0 Å². The molecule has 2 heterocycles. The van der Waals surface area contributed by atoms with Crippen molar-refractivity contribution in [3.63, 3.8) is 0 Å². The number of primary amides is 1. The van der Waals surface area contributed by atoms with E-state index in [4.69, 9.17) is 10.8 Å². The lowest BCUT2D eigenvalue weighted by Gasteiger charge is -2.44. The molecular formula is C10H14N2O5S. The van der Waals surface area contributed by atoms with Gasteiger partial charge in [0.05, 0.1) is 5.37 Å². The molecule has 2 saturated heterocycles. The van der Waals surface area contributed by atoms with Crippen molar-refractivity contribution in [2.24, 2.45) is 11.7 Å². The second-order valence-corrected chi connectivity index (χ2v) is 6.74. The van der Waals surface area contributed by atoms with Crippen LogP contribution < -0.4 is 5.73 Å². The van der Waals surface area contributed by atoms with Crippen LogP contribution in [0.2, 0.25) is 0 Å². The van der Waals surface area contributed by atoms with E-state index in [1.807, 2.05) is 0 Å². The van der Waals surface area contributed by atoms with E-state index in [2.05, 4.69) is 0 Å². The minimum atomic E-state index is -1.56. The summed E-state index contributed by atoms with van der Waals surface area (Å²) in [5.41, 5.74) is 4.97. The molecular weight excluding hydrogens is 260 g/mol. The van der Waals surface area contributed by atoms with Gasteiger partial charge in [0, 0.05) is 4.75 Å². The Morgan fingerprint density at radius 3 is 2.50 bits per heavy atom. The van der Waals surface area contributed by atoms with Gasteiger partial charge in [-0.15, -0.1) is 11.8 Å². The van der Waals surface area contributed by atoms with Gasteiger partial charge in [0.2, 0.25) is 11.8 Å². The van der Waals surface area contributed by atoms with Crippen molar-refractivity contribution in [2.45, 2.75) is 36.1 Å². The topological polar surface area (TPSA) is 121 Å². The first kappa shape index (κ1) is 13.2. The molecule has 100 valence electrons. The van der Waals surface area contributed by atoms with Gasteiger partial charge in [-0.25, -0.2) is 4.79 Å². The average Bonchev–Trinajstić information content (AvgIpc) is 2.47. The fraction of sp³-hybridized carbons (Fsp3) is 0.700. The number of thioether (sulfide) groups is 1. The molecule has 2 unspecified atom stereocenters. The number of hydrogen-bond acceptors (Lipinski definition) is 5. The monoisotopic (exact) mass is 274 g/mol. The summed E-state index contributed by atoms with van der Waals surface area (Å²) in [4.78, 5) is 35.2. The van der Waals surface area contributed by atoms with E-state index >= 15 is 0 Å². The van der Waals surface area contributed by atoms with E-state index in [9.17, 15) is 19.5 Å². The van der Waals surface area contributed by atoms with Gasteiger partial charge < -0.3 is 20.8 Å². The molecule has 2 rings (SSSR count).